The summed E-state index contributed by atoms with van der Waals surface area (Å²) in [5.41, 5.74) is 0.170. The van der Waals surface area contributed by atoms with E-state index in [0.717, 1.165) is 38.6 Å². The number of carbonyl (C=O) groups excluding carboxylic acids is 1. The highest BCUT2D eigenvalue weighted by Crippen LogP contribution is 2.24. The molecule has 0 aliphatic carbocycles. The van der Waals surface area contributed by atoms with E-state index in [1.54, 1.807) is 0 Å². The van der Waals surface area contributed by atoms with Crippen LogP contribution in [0.5, 0.6) is 0 Å². The molecule has 1 rings (SSSR count). The Labute approximate surface area is 112 Å². The number of rotatable bonds is 6. The molecule has 0 aromatic carbocycles. The fourth-order valence-corrected chi connectivity index (χ4v) is 2.57. The maximum atomic E-state index is 12.4. The van der Waals surface area contributed by atoms with Crippen molar-refractivity contribution in [2.75, 3.05) is 6.54 Å². The van der Waals surface area contributed by atoms with Gasteiger partial charge < -0.3 is 4.90 Å². The molecule has 0 radical (unpaired) electrons. The summed E-state index contributed by atoms with van der Waals surface area (Å²) in [6, 6.07) is 0.0591. The second kappa shape index (κ2) is 6.55. The van der Waals surface area contributed by atoms with Gasteiger partial charge in [0.05, 0.1) is 12.2 Å². The van der Waals surface area contributed by atoms with E-state index in [1.807, 2.05) is 0 Å². The first-order valence-electron chi connectivity index (χ1n) is 7.45. The van der Waals surface area contributed by atoms with Gasteiger partial charge in [0, 0.05) is 6.54 Å². The summed E-state index contributed by atoms with van der Waals surface area (Å²) in [6.45, 7) is 11.8. The molecule has 0 aromatic rings. The Bertz CT molecular complexity index is 270. The van der Waals surface area contributed by atoms with Crippen molar-refractivity contribution in [2.24, 2.45) is 5.41 Å². The Morgan fingerprint density at radius 2 is 1.83 bits per heavy atom. The van der Waals surface area contributed by atoms with E-state index in [1.165, 1.54) is 0 Å². The average Bonchev–Trinajstić information content (AvgIpc) is 2.53. The topological polar surface area (TPSA) is 32.3 Å². The Kier molecular flexibility index (Phi) is 5.64. The first kappa shape index (κ1) is 15.5. The highest BCUT2D eigenvalue weighted by molar-refractivity contribution is 5.84. The molecule has 3 nitrogen and oxygen atoms in total. The molecule has 2 atom stereocenters. The van der Waals surface area contributed by atoms with Gasteiger partial charge in [-0.3, -0.25) is 10.1 Å². The fourth-order valence-electron chi connectivity index (χ4n) is 2.57. The zero-order valence-corrected chi connectivity index (χ0v) is 12.8. The van der Waals surface area contributed by atoms with Crippen LogP contribution in [-0.4, -0.2) is 29.6 Å². The monoisotopic (exact) mass is 254 g/mol. The molecule has 1 amide bonds. The van der Waals surface area contributed by atoms with Gasteiger partial charge in [0.25, 0.3) is 0 Å². The van der Waals surface area contributed by atoms with E-state index in [0.29, 0.717) is 5.91 Å². The van der Waals surface area contributed by atoms with Crippen molar-refractivity contribution in [1.82, 2.24) is 10.2 Å². The highest BCUT2D eigenvalue weighted by atomic mass is 16.2. The molecule has 1 aliphatic heterocycles. The predicted octanol–water partition coefficient (Wildman–Crippen LogP) is 3.15. The van der Waals surface area contributed by atoms with Crippen molar-refractivity contribution in [3.63, 3.8) is 0 Å². The molecule has 3 heteroatoms. The smallest absolute Gasteiger partial charge is 0.241 e. The molecule has 0 spiro atoms. The number of nitrogens with one attached hydrogen (secondary N) is 1. The Morgan fingerprint density at radius 3 is 2.33 bits per heavy atom. The lowest BCUT2D eigenvalue weighted by Crippen LogP contribution is -2.42. The summed E-state index contributed by atoms with van der Waals surface area (Å²) in [6.07, 6.45) is 5.70. The molecule has 1 saturated heterocycles. The third-order valence-electron chi connectivity index (χ3n) is 3.40. The highest BCUT2D eigenvalue weighted by Gasteiger charge is 2.39. The lowest BCUT2D eigenvalue weighted by atomic mass is 9.95. The minimum Gasteiger partial charge on any atom is -0.325 e. The van der Waals surface area contributed by atoms with Crippen LogP contribution in [0.2, 0.25) is 0 Å². The number of unbranched alkanes of at least 4 members (excludes halogenated alkanes) is 1. The van der Waals surface area contributed by atoms with E-state index < -0.39 is 0 Å². The molecule has 1 N–H and O–H groups in total. The Hall–Kier alpha value is -0.570. The number of carbonyl (C=O) groups is 1. The summed E-state index contributed by atoms with van der Waals surface area (Å²) in [5, 5.41) is 3.53. The van der Waals surface area contributed by atoms with E-state index >= 15 is 0 Å². The third-order valence-corrected chi connectivity index (χ3v) is 3.40. The van der Waals surface area contributed by atoms with Crippen molar-refractivity contribution in [3.05, 3.63) is 0 Å². The molecule has 0 aromatic heterocycles. The Morgan fingerprint density at radius 1 is 1.17 bits per heavy atom. The normalized spacial score (nSPS) is 24.9. The molecule has 0 saturated carbocycles. The van der Waals surface area contributed by atoms with Crippen LogP contribution in [0, 0.1) is 5.41 Å². The number of hydrogen-bond acceptors (Lipinski definition) is 2. The van der Waals surface area contributed by atoms with Crippen LogP contribution in [0.15, 0.2) is 0 Å². The lowest BCUT2D eigenvalue weighted by Gasteiger charge is -2.30. The van der Waals surface area contributed by atoms with Crippen molar-refractivity contribution < 1.29 is 4.79 Å². The third kappa shape index (κ3) is 4.27. The van der Waals surface area contributed by atoms with Crippen LogP contribution in [0.1, 0.15) is 66.7 Å². The van der Waals surface area contributed by atoms with E-state index in [-0.39, 0.29) is 17.6 Å². The first-order chi connectivity index (χ1) is 8.39. The maximum absolute atomic E-state index is 12.4. The molecule has 2 unspecified atom stereocenters. The summed E-state index contributed by atoms with van der Waals surface area (Å²) >= 11 is 0. The van der Waals surface area contributed by atoms with Crippen LogP contribution in [-0.2, 0) is 4.79 Å². The summed E-state index contributed by atoms with van der Waals surface area (Å²) in [4.78, 5) is 14.5. The summed E-state index contributed by atoms with van der Waals surface area (Å²) < 4.78 is 0. The van der Waals surface area contributed by atoms with Crippen LogP contribution >= 0.6 is 0 Å². The van der Waals surface area contributed by atoms with Gasteiger partial charge in [0.2, 0.25) is 5.91 Å². The van der Waals surface area contributed by atoms with Gasteiger partial charge >= 0.3 is 0 Å². The summed E-state index contributed by atoms with van der Waals surface area (Å²) in [7, 11) is 0. The van der Waals surface area contributed by atoms with Gasteiger partial charge in [-0.25, -0.2) is 0 Å². The largest absolute Gasteiger partial charge is 0.325 e. The van der Waals surface area contributed by atoms with Crippen LogP contribution < -0.4 is 5.32 Å². The molecule has 18 heavy (non-hydrogen) atoms. The van der Waals surface area contributed by atoms with Crippen LogP contribution in [0.3, 0.4) is 0 Å². The van der Waals surface area contributed by atoms with Crippen LogP contribution in [0.25, 0.3) is 0 Å². The van der Waals surface area contributed by atoms with Gasteiger partial charge in [-0.1, -0.05) is 53.9 Å². The molecule has 1 heterocycles. The van der Waals surface area contributed by atoms with E-state index in [4.69, 9.17) is 0 Å². The van der Waals surface area contributed by atoms with Gasteiger partial charge in [-0.05, 0) is 18.3 Å². The Balaban J connectivity index is 2.68. The second-order valence-electron chi connectivity index (χ2n) is 6.69. The predicted molar refractivity (Wildman–Crippen MR) is 76.3 cm³/mol. The second-order valence-corrected chi connectivity index (χ2v) is 6.69. The van der Waals surface area contributed by atoms with E-state index in [2.05, 4.69) is 44.8 Å². The summed E-state index contributed by atoms with van der Waals surface area (Å²) in [5.74, 6) is 0.317. The van der Waals surface area contributed by atoms with Gasteiger partial charge in [-0.15, -0.1) is 0 Å². The SMILES string of the molecule is CCCCC1NC(CCC)N(CC(C)(C)C)C1=O. The van der Waals surface area contributed by atoms with Crippen molar-refractivity contribution in [3.8, 4) is 0 Å². The minimum atomic E-state index is 0.0591. The molecular weight excluding hydrogens is 224 g/mol. The fraction of sp³-hybridized carbons (Fsp3) is 0.933. The zero-order chi connectivity index (χ0) is 13.8. The number of amides is 1. The molecule has 0 bridgehead atoms. The van der Waals surface area contributed by atoms with Crippen molar-refractivity contribution in [1.29, 1.82) is 0 Å². The molecule has 1 fully saturated rings. The number of hydrogen-bond donors (Lipinski definition) is 1. The quantitative estimate of drug-likeness (QED) is 0.789. The zero-order valence-electron chi connectivity index (χ0n) is 12.8. The molecular formula is C15H30N2O. The first-order valence-corrected chi connectivity index (χ1v) is 7.45. The van der Waals surface area contributed by atoms with Gasteiger partial charge in [0.15, 0.2) is 0 Å². The average molecular weight is 254 g/mol. The van der Waals surface area contributed by atoms with Crippen LogP contribution in [0.4, 0.5) is 0 Å². The minimum absolute atomic E-state index is 0.0591. The standard InChI is InChI=1S/C15H30N2O/c1-6-8-10-12-14(18)17(11-15(3,4)5)13(16-12)9-7-2/h12-13,16H,6-11H2,1-5H3. The van der Waals surface area contributed by atoms with Crippen molar-refractivity contribution >= 4 is 5.91 Å². The number of nitrogens with zero attached hydrogens (tertiary/aromatic N) is 1. The molecule has 106 valence electrons. The van der Waals surface area contributed by atoms with Gasteiger partial charge in [0.1, 0.15) is 0 Å². The lowest BCUT2D eigenvalue weighted by molar-refractivity contribution is -0.131. The van der Waals surface area contributed by atoms with Gasteiger partial charge in [-0.2, -0.15) is 0 Å². The maximum Gasteiger partial charge on any atom is 0.241 e. The van der Waals surface area contributed by atoms with E-state index in [9.17, 15) is 4.79 Å². The van der Waals surface area contributed by atoms with Crippen molar-refractivity contribution in [2.45, 2.75) is 78.9 Å². The molecule has 1 aliphatic rings.